The summed E-state index contributed by atoms with van der Waals surface area (Å²) in [4.78, 5) is 10.9. The SMILES string of the molecule is CC(C)n1ncc2ccc(NS(=O)(=O)c3ccc(C(=O)O)c(Cl)c3)cc21. The molecule has 0 aliphatic heterocycles. The number of aromatic carboxylic acids is 1. The van der Waals surface area contributed by atoms with E-state index < -0.39 is 16.0 Å². The maximum Gasteiger partial charge on any atom is 0.337 e. The summed E-state index contributed by atoms with van der Waals surface area (Å²) in [6.45, 7) is 3.96. The molecule has 26 heavy (non-hydrogen) atoms. The highest BCUT2D eigenvalue weighted by atomic mass is 35.5. The summed E-state index contributed by atoms with van der Waals surface area (Å²) in [6, 6.07) is 8.73. The molecule has 3 rings (SSSR count). The number of rotatable bonds is 5. The molecule has 0 unspecified atom stereocenters. The first-order valence-corrected chi connectivity index (χ1v) is 9.58. The number of carboxylic acid groups (broad SMARTS) is 1. The number of benzene rings is 2. The largest absolute Gasteiger partial charge is 0.478 e. The Morgan fingerprint density at radius 2 is 1.96 bits per heavy atom. The third kappa shape index (κ3) is 3.38. The van der Waals surface area contributed by atoms with Crippen LogP contribution in [0, 0.1) is 0 Å². The van der Waals surface area contributed by atoms with Gasteiger partial charge in [-0.2, -0.15) is 5.10 Å². The number of nitrogens with zero attached hydrogens (tertiary/aromatic N) is 2. The number of sulfonamides is 1. The Kier molecular flexibility index (Phi) is 4.64. The minimum Gasteiger partial charge on any atom is -0.478 e. The average Bonchev–Trinajstić information content (AvgIpc) is 2.97. The second kappa shape index (κ2) is 6.62. The van der Waals surface area contributed by atoms with Crippen LogP contribution in [0.25, 0.3) is 10.9 Å². The van der Waals surface area contributed by atoms with Gasteiger partial charge in [0.25, 0.3) is 10.0 Å². The number of carbonyl (C=O) groups is 1. The molecule has 0 fully saturated rings. The normalized spacial score (nSPS) is 11.8. The quantitative estimate of drug-likeness (QED) is 0.687. The van der Waals surface area contributed by atoms with E-state index >= 15 is 0 Å². The maximum atomic E-state index is 12.6. The summed E-state index contributed by atoms with van der Waals surface area (Å²) in [6.07, 6.45) is 1.72. The van der Waals surface area contributed by atoms with Crippen LogP contribution in [0.5, 0.6) is 0 Å². The molecule has 0 aliphatic rings. The van der Waals surface area contributed by atoms with Crippen LogP contribution in [0.15, 0.2) is 47.5 Å². The zero-order valence-corrected chi connectivity index (χ0v) is 15.5. The molecule has 2 aromatic carbocycles. The minimum atomic E-state index is -3.92. The molecule has 0 bridgehead atoms. The predicted molar refractivity (Wildman–Crippen MR) is 99.3 cm³/mol. The highest BCUT2D eigenvalue weighted by Gasteiger charge is 2.18. The van der Waals surface area contributed by atoms with Crippen molar-refractivity contribution < 1.29 is 18.3 Å². The van der Waals surface area contributed by atoms with Gasteiger partial charge in [0.05, 0.1) is 32.9 Å². The van der Waals surface area contributed by atoms with Crippen molar-refractivity contribution in [3.63, 3.8) is 0 Å². The summed E-state index contributed by atoms with van der Waals surface area (Å²) in [7, 11) is -3.92. The van der Waals surface area contributed by atoms with E-state index in [4.69, 9.17) is 16.7 Å². The topological polar surface area (TPSA) is 101 Å². The van der Waals surface area contributed by atoms with Crippen LogP contribution in [0.3, 0.4) is 0 Å². The zero-order valence-electron chi connectivity index (χ0n) is 14.0. The molecule has 9 heteroatoms. The van der Waals surface area contributed by atoms with Gasteiger partial charge >= 0.3 is 5.97 Å². The van der Waals surface area contributed by atoms with Gasteiger partial charge in [-0.1, -0.05) is 11.6 Å². The molecule has 1 aromatic heterocycles. The van der Waals surface area contributed by atoms with Gasteiger partial charge in [-0.05, 0) is 50.2 Å². The van der Waals surface area contributed by atoms with Crippen LogP contribution >= 0.6 is 11.6 Å². The van der Waals surface area contributed by atoms with E-state index in [2.05, 4.69) is 9.82 Å². The minimum absolute atomic E-state index is 0.120. The van der Waals surface area contributed by atoms with Gasteiger partial charge < -0.3 is 5.11 Å². The van der Waals surface area contributed by atoms with Crippen LogP contribution in [-0.4, -0.2) is 29.3 Å². The molecule has 7 nitrogen and oxygen atoms in total. The van der Waals surface area contributed by atoms with E-state index in [1.165, 1.54) is 6.07 Å². The predicted octanol–water partition coefficient (Wildman–Crippen LogP) is 3.77. The highest BCUT2D eigenvalue weighted by Crippen LogP contribution is 2.25. The van der Waals surface area contributed by atoms with E-state index in [0.29, 0.717) is 5.69 Å². The van der Waals surface area contributed by atoms with Gasteiger partial charge in [-0.3, -0.25) is 9.40 Å². The standard InChI is InChI=1S/C17H16ClN3O4S/c1-10(2)21-16-7-12(4-3-11(16)9-19-21)20-26(24,25)13-5-6-14(17(22)23)15(18)8-13/h3-10,20H,1-2H3,(H,22,23). The smallest absolute Gasteiger partial charge is 0.337 e. The number of nitrogens with one attached hydrogen (secondary N) is 1. The molecule has 0 aliphatic carbocycles. The van der Waals surface area contributed by atoms with Gasteiger partial charge in [-0.15, -0.1) is 0 Å². The van der Waals surface area contributed by atoms with Crippen molar-refractivity contribution in [3.8, 4) is 0 Å². The summed E-state index contributed by atoms with van der Waals surface area (Å²) >= 11 is 5.87. The Morgan fingerprint density at radius 1 is 1.23 bits per heavy atom. The number of hydrogen-bond donors (Lipinski definition) is 2. The number of aromatic nitrogens is 2. The molecule has 0 radical (unpaired) electrons. The molecule has 0 saturated heterocycles. The fourth-order valence-corrected chi connectivity index (χ4v) is 3.96. The first kappa shape index (κ1) is 18.2. The van der Waals surface area contributed by atoms with Crippen molar-refractivity contribution in [2.45, 2.75) is 24.8 Å². The Bertz CT molecular complexity index is 1110. The number of hydrogen-bond acceptors (Lipinski definition) is 4. The Balaban J connectivity index is 1.97. The fraction of sp³-hybridized carbons (Fsp3) is 0.176. The highest BCUT2D eigenvalue weighted by molar-refractivity contribution is 7.92. The van der Waals surface area contributed by atoms with Crippen molar-refractivity contribution >= 4 is 44.2 Å². The first-order valence-electron chi connectivity index (χ1n) is 7.72. The number of halogens is 1. The lowest BCUT2D eigenvalue weighted by atomic mass is 10.2. The molecule has 2 N–H and O–H groups in total. The molecule has 0 atom stereocenters. The second-order valence-electron chi connectivity index (χ2n) is 6.01. The molecule has 1 heterocycles. The van der Waals surface area contributed by atoms with Crippen molar-refractivity contribution in [1.29, 1.82) is 0 Å². The van der Waals surface area contributed by atoms with Gasteiger partial charge in [0.2, 0.25) is 0 Å². The Hall–Kier alpha value is -2.58. The maximum absolute atomic E-state index is 12.6. The van der Waals surface area contributed by atoms with Crippen LogP contribution < -0.4 is 4.72 Å². The zero-order chi connectivity index (χ0) is 19.1. The van der Waals surface area contributed by atoms with Gasteiger partial charge in [0.15, 0.2) is 0 Å². The Morgan fingerprint density at radius 3 is 2.58 bits per heavy atom. The van der Waals surface area contributed by atoms with E-state index in [1.54, 1.807) is 29.1 Å². The molecule has 136 valence electrons. The third-order valence-corrected chi connectivity index (χ3v) is 5.51. The lowest BCUT2D eigenvalue weighted by Gasteiger charge is -2.11. The lowest BCUT2D eigenvalue weighted by molar-refractivity contribution is 0.0697. The monoisotopic (exact) mass is 393 g/mol. The van der Waals surface area contributed by atoms with Gasteiger partial charge in [0.1, 0.15) is 0 Å². The molecular formula is C17H16ClN3O4S. The second-order valence-corrected chi connectivity index (χ2v) is 8.10. The van der Waals surface area contributed by atoms with Crippen molar-refractivity contribution in [2.24, 2.45) is 0 Å². The first-order chi connectivity index (χ1) is 12.2. The fourth-order valence-electron chi connectivity index (χ4n) is 2.56. The van der Waals surface area contributed by atoms with Crippen LogP contribution in [0.2, 0.25) is 5.02 Å². The van der Waals surface area contributed by atoms with Crippen molar-refractivity contribution in [2.75, 3.05) is 4.72 Å². The molecule has 0 saturated carbocycles. The van der Waals surface area contributed by atoms with E-state index in [-0.39, 0.29) is 21.5 Å². The molecule has 3 aromatic rings. The van der Waals surface area contributed by atoms with Crippen LogP contribution in [0.4, 0.5) is 5.69 Å². The van der Waals surface area contributed by atoms with Crippen LogP contribution in [0.1, 0.15) is 30.2 Å². The van der Waals surface area contributed by atoms with Crippen molar-refractivity contribution in [3.05, 3.63) is 53.2 Å². The van der Waals surface area contributed by atoms with Gasteiger partial charge in [-0.25, -0.2) is 13.2 Å². The molecular weight excluding hydrogens is 378 g/mol. The van der Waals surface area contributed by atoms with E-state index in [9.17, 15) is 13.2 Å². The number of anilines is 1. The summed E-state index contributed by atoms with van der Waals surface area (Å²) in [5.41, 5.74) is 1.02. The third-order valence-electron chi connectivity index (χ3n) is 3.82. The van der Waals surface area contributed by atoms with Gasteiger partial charge in [0, 0.05) is 11.4 Å². The number of carboxylic acids is 1. The molecule has 0 amide bonds. The summed E-state index contributed by atoms with van der Waals surface area (Å²) in [5, 5.41) is 14.0. The van der Waals surface area contributed by atoms with Crippen molar-refractivity contribution in [1.82, 2.24) is 9.78 Å². The van der Waals surface area contributed by atoms with E-state index in [1.807, 2.05) is 13.8 Å². The summed E-state index contributed by atoms with van der Waals surface area (Å²) in [5.74, 6) is -1.22. The summed E-state index contributed by atoms with van der Waals surface area (Å²) < 4.78 is 29.5. The van der Waals surface area contributed by atoms with Crippen LogP contribution in [-0.2, 0) is 10.0 Å². The number of fused-ring (bicyclic) bond motifs is 1. The Labute approximate surface area is 155 Å². The molecule has 0 spiro atoms. The lowest BCUT2D eigenvalue weighted by Crippen LogP contribution is -2.13. The average molecular weight is 394 g/mol. The van der Waals surface area contributed by atoms with E-state index in [0.717, 1.165) is 23.0 Å².